The molecule has 2 N–H and O–H groups in total. The maximum atomic E-state index is 11.6. The molecule has 0 aromatic heterocycles. The van der Waals surface area contributed by atoms with E-state index in [-0.39, 0.29) is 24.6 Å². The van der Waals surface area contributed by atoms with Gasteiger partial charge in [-0.3, -0.25) is 4.79 Å². The Kier molecular flexibility index (Phi) is 6.46. The van der Waals surface area contributed by atoms with Gasteiger partial charge in [-0.2, -0.15) is 0 Å². The van der Waals surface area contributed by atoms with Crippen LogP contribution in [0.15, 0.2) is 0 Å². The van der Waals surface area contributed by atoms with E-state index < -0.39 is 21.7 Å². The second-order valence-electron chi connectivity index (χ2n) is 3.10. The van der Waals surface area contributed by atoms with Crippen LogP contribution in [0.3, 0.4) is 0 Å². The third-order valence-corrected chi connectivity index (χ3v) is 3.69. The molecule has 0 saturated carbocycles. The van der Waals surface area contributed by atoms with E-state index >= 15 is 0 Å². The Hall–Kier alpha value is -0.730. The summed E-state index contributed by atoms with van der Waals surface area (Å²) < 4.78 is 28.7. The van der Waals surface area contributed by atoms with Crippen LogP contribution in [0, 0.1) is 0 Å². The van der Waals surface area contributed by atoms with E-state index in [1.807, 2.05) is 0 Å². The van der Waals surface area contributed by atoms with Crippen molar-refractivity contribution in [2.24, 2.45) is 5.73 Å². The highest BCUT2D eigenvalue weighted by molar-refractivity contribution is 7.89. The molecule has 0 rings (SSSR count). The van der Waals surface area contributed by atoms with E-state index in [2.05, 4.69) is 17.0 Å². The van der Waals surface area contributed by atoms with Crippen LogP contribution in [0.2, 0.25) is 0 Å². The minimum Gasteiger partial charge on any atom is -0.465 e. The second-order valence-corrected chi connectivity index (χ2v) is 5.70. The Labute approximate surface area is 101 Å². The maximum absolute atomic E-state index is 11.6. The highest BCUT2D eigenvalue weighted by Crippen LogP contribution is 2.00. The van der Waals surface area contributed by atoms with E-state index in [9.17, 15) is 13.2 Å². The molecule has 0 bridgehead atoms. The zero-order chi connectivity index (χ0) is 12.8. The maximum Gasteiger partial charge on any atom is 0.322 e. The number of sulfonamides is 1. The van der Waals surface area contributed by atoms with E-state index in [1.54, 1.807) is 6.92 Å². The van der Waals surface area contributed by atoms with Crippen molar-refractivity contribution in [3.63, 3.8) is 0 Å². The highest BCUT2D eigenvalue weighted by atomic mass is 32.2. The molecule has 0 aliphatic carbocycles. The lowest BCUT2D eigenvalue weighted by atomic mass is 10.4. The summed E-state index contributed by atoms with van der Waals surface area (Å²) in [6, 6.07) is 0. The molecular weight excluding hydrogens is 252 g/mol. The molecule has 0 spiro atoms. The van der Waals surface area contributed by atoms with E-state index in [4.69, 9.17) is 5.73 Å². The van der Waals surface area contributed by atoms with Crippen molar-refractivity contribution in [1.29, 1.82) is 0 Å². The lowest BCUT2D eigenvalue weighted by molar-refractivity contribution is -0.140. The minimum atomic E-state index is -3.63. The molecule has 8 heteroatoms. The van der Waals surface area contributed by atoms with Crippen molar-refractivity contribution in [3.05, 3.63) is 0 Å². The normalized spacial score (nSPS) is 11.4. The number of carbonyl (C=O) groups is 1. The van der Waals surface area contributed by atoms with Crippen LogP contribution in [0.4, 0.5) is 0 Å². The van der Waals surface area contributed by atoms with Crippen molar-refractivity contribution in [2.75, 3.05) is 26.0 Å². The number of nitrogens with zero attached hydrogens (tertiary/aromatic N) is 1. The molecule has 0 aliphatic heterocycles. The van der Waals surface area contributed by atoms with Crippen molar-refractivity contribution >= 4 is 33.2 Å². The summed E-state index contributed by atoms with van der Waals surface area (Å²) in [7, 11) is -2.27. The summed E-state index contributed by atoms with van der Waals surface area (Å²) in [5, 5.41) is 0. The van der Waals surface area contributed by atoms with Crippen LogP contribution in [0.25, 0.3) is 0 Å². The van der Waals surface area contributed by atoms with E-state index in [1.165, 1.54) is 7.05 Å². The molecular formula is C8H16N2O4S2. The third-order valence-electron chi connectivity index (χ3n) is 1.75. The topological polar surface area (TPSA) is 89.7 Å². The Morgan fingerprint density at radius 1 is 1.50 bits per heavy atom. The Morgan fingerprint density at radius 2 is 2.06 bits per heavy atom. The van der Waals surface area contributed by atoms with Gasteiger partial charge in [0.2, 0.25) is 10.0 Å². The van der Waals surface area contributed by atoms with E-state index in [0.29, 0.717) is 0 Å². The van der Waals surface area contributed by atoms with Gasteiger partial charge in [-0.05, 0) is 6.92 Å². The zero-order valence-corrected chi connectivity index (χ0v) is 10.9. The van der Waals surface area contributed by atoms with Crippen molar-refractivity contribution in [3.8, 4) is 0 Å². The molecule has 0 aliphatic rings. The van der Waals surface area contributed by atoms with Gasteiger partial charge in [0.25, 0.3) is 0 Å². The summed E-state index contributed by atoms with van der Waals surface area (Å²) in [5.74, 6) is -1.42. The second kappa shape index (κ2) is 6.77. The largest absolute Gasteiger partial charge is 0.465 e. The van der Waals surface area contributed by atoms with Gasteiger partial charge in [0.15, 0.2) is 5.75 Å². The SMILES string of the molecule is CCOC(=O)CS(=O)(=O)N(C)CCC(N)=S. The fourth-order valence-electron chi connectivity index (χ4n) is 0.869. The van der Waals surface area contributed by atoms with Gasteiger partial charge in [0.1, 0.15) is 0 Å². The molecule has 0 amide bonds. The lowest BCUT2D eigenvalue weighted by Crippen LogP contribution is -2.35. The molecule has 0 atom stereocenters. The third kappa shape index (κ3) is 5.99. The van der Waals surface area contributed by atoms with Crippen LogP contribution < -0.4 is 5.73 Å². The molecule has 0 radical (unpaired) electrons. The number of ether oxygens (including phenoxy) is 1. The molecule has 16 heavy (non-hydrogen) atoms. The van der Waals surface area contributed by atoms with Crippen LogP contribution in [0.1, 0.15) is 13.3 Å². The van der Waals surface area contributed by atoms with Crippen LogP contribution >= 0.6 is 12.2 Å². The first kappa shape index (κ1) is 15.3. The molecule has 0 heterocycles. The Morgan fingerprint density at radius 3 is 2.50 bits per heavy atom. The molecule has 6 nitrogen and oxygen atoms in total. The molecule has 94 valence electrons. The summed E-state index contributed by atoms with van der Waals surface area (Å²) >= 11 is 4.63. The molecule has 0 aromatic rings. The number of hydrogen-bond donors (Lipinski definition) is 1. The minimum absolute atomic E-state index is 0.158. The zero-order valence-electron chi connectivity index (χ0n) is 9.30. The summed E-state index contributed by atoms with van der Waals surface area (Å²) in [4.78, 5) is 11.3. The molecule has 0 fully saturated rings. The van der Waals surface area contributed by atoms with Gasteiger partial charge in [-0.1, -0.05) is 12.2 Å². The van der Waals surface area contributed by atoms with Gasteiger partial charge >= 0.3 is 5.97 Å². The van der Waals surface area contributed by atoms with Gasteiger partial charge in [0, 0.05) is 20.0 Å². The monoisotopic (exact) mass is 268 g/mol. The summed E-state index contributed by atoms with van der Waals surface area (Å²) in [6.07, 6.45) is 0.286. The first-order valence-electron chi connectivity index (χ1n) is 4.67. The van der Waals surface area contributed by atoms with Gasteiger partial charge < -0.3 is 10.5 Å². The standard InChI is InChI=1S/C8H16N2O4S2/c1-3-14-8(11)6-16(12,13)10(2)5-4-7(9)15/h3-6H2,1-2H3,(H2,9,15). The summed E-state index contributed by atoms with van der Waals surface area (Å²) in [6.45, 7) is 1.93. The van der Waals surface area contributed by atoms with Crippen LogP contribution in [0.5, 0.6) is 0 Å². The number of carbonyl (C=O) groups excluding carboxylic acids is 1. The number of hydrogen-bond acceptors (Lipinski definition) is 5. The molecule has 0 saturated heterocycles. The number of esters is 1. The first-order chi connectivity index (χ1) is 7.29. The smallest absolute Gasteiger partial charge is 0.322 e. The predicted octanol–water partition coefficient (Wildman–Crippen LogP) is -0.513. The number of nitrogens with two attached hydrogens (primary N) is 1. The number of thiocarbonyl (C=S) groups is 1. The molecule has 0 unspecified atom stereocenters. The quantitative estimate of drug-likeness (QED) is 0.494. The number of rotatable bonds is 7. The van der Waals surface area contributed by atoms with Crippen molar-refractivity contribution in [1.82, 2.24) is 4.31 Å². The van der Waals surface area contributed by atoms with E-state index in [0.717, 1.165) is 4.31 Å². The Balaban J connectivity index is 4.31. The fourth-order valence-corrected chi connectivity index (χ4v) is 1.93. The Bertz CT molecular complexity index is 353. The first-order valence-corrected chi connectivity index (χ1v) is 6.69. The van der Waals surface area contributed by atoms with Gasteiger partial charge in [0.05, 0.1) is 11.6 Å². The molecule has 0 aromatic carbocycles. The fraction of sp³-hybridized carbons (Fsp3) is 0.750. The summed E-state index contributed by atoms with van der Waals surface area (Å²) in [5.41, 5.74) is 5.25. The van der Waals surface area contributed by atoms with Crippen molar-refractivity contribution < 1.29 is 17.9 Å². The van der Waals surface area contributed by atoms with Crippen LogP contribution in [-0.4, -0.2) is 49.6 Å². The van der Waals surface area contributed by atoms with Gasteiger partial charge in [-0.15, -0.1) is 0 Å². The van der Waals surface area contributed by atoms with Crippen molar-refractivity contribution in [2.45, 2.75) is 13.3 Å². The highest BCUT2D eigenvalue weighted by Gasteiger charge is 2.22. The lowest BCUT2D eigenvalue weighted by Gasteiger charge is -2.15. The van der Waals surface area contributed by atoms with Crippen LogP contribution in [-0.2, 0) is 19.6 Å². The predicted molar refractivity (Wildman–Crippen MR) is 64.5 cm³/mol. The average molecular weight is 268 g/mol. The average Bonchev–Trinajstić information content (AvgIpc) is 2.13. The van der Waals surface area contributed by atoms with Gasteiger partial charge in [-0.25, -0.2) is 12.7 Å².